The standard InChI is InChI=1S/C40H31F9O6S2/c1-19-2-7-28(53-35(50)16-38(41,42)43)24-5-3-20(10-26(19)24)31-12-22-14-34-23(15-33(22)56-31)13-32(57-34)21-4-6-25-27(11-21)30(55-37(52)18-40(47,48)49)9-8-29(25)54-36(51)17-39(44,45)46/h3-6,10-15,19,28-30H,2,7-9,16-18H2,1H3. The van der Waals surface area contributed by atoms with Crippen LogP contribution in [0.2, 0.25) is 0 Å². The lowest BCUT2D eigenvalue weighted by Gasteiger charge is -2.31. The van der Waals surface area contributed by atoms with Crippen LogP contribution in [0.15, 0.2) is 60.7 Å². The molecule has 3 aromatic carbocycles. The summed E-state index contributed by atoms with van der Waals surface area (Å²) in [6.45, 7) is 2.02. The summed E-state index contributed by atoms with van der Waals surface area (Å²) in [7, 11) is 0. The lowest BCUT2D eigenvalue weighted by molar-refractivity contribution is -0.181. The zero-order valence-electron chi connectivity index (χ0n) is 29.7. The van der Waals surface area contributed by atoms with E-state index in [1.54, 1.807) is 18.2 Å². The predicted octanol–water partition coefficient (Wildman–Crippen LogP) is 12.8. The normalized spacial score (nSPS) is 19.9. The lowest BCUT2D eigenvalue weighted by atomic mass is 9.81. The van der Waals surface area contributed by atoms with Crippen molar-refractivity contribution in [3.05, 3.63) is 82.9 Å². The van der Waals surface area contributed by atoms with E-state index < -0.39 is 74.0 Å². The van der Waals surface area contributed by atoms with E-state index in [9.17, 15) is 53.9 Å². The molecule has 2 aliphatic carbocycles. The van der Waals surface area contributed by atoms with Gasteiger partial charge in [0.25, 0.3) is 0 Å². The van der Waals surface area contributed by atoms with Crippen LogP contribution < -0.4 is 0 Å². The number of carbonyl (C=O) groups is 3. The maximum absolute atomic E-state index is 12.9. The van der Waals surface area contributed by atoms with Crippen LogP contribution in [-0.4, -0.2) is 36.4 Å². The van der Waals surface area contributed by atoms with E-state index in [0.29, 0.717) is 24.0 Å². The minimum atomic E-state index is -4.82. The molecule has 0 saturated carbocycles. The van der Waals surface area contributed by atoms with Crippen LogP contribution in [0.5, 0.6) is 0 Å². The van der Waals surface area contributed by atoms with Gasteiger partial charge in [0.2, 0.25) is 0 Å². The Balaban J connectivity index is 1.16. The topological polar surface area (TPSA) is 78.9 Å². The second-order valence-corrected chi connectivity index (χ2v) is 16.4. The lowest BCUT2D eigenvalue weighted by Crippen LogP contribution is -2.26. The van der Waals surface area contributed by atoms with Crippen molar-refractivity contribution in [2.45, 2.75) is 94.6 Å². The van der Waals surface area contributed by atoms with Gasteiger partial charge in [-0.25, -0.2) is 0 Å². The molecular formula is C40H31F9O6S2. The van der Waals surface area contributed by atoms with Crippen molar-refractivity contribution in [1.82, 2.24) is 0 Å². The van der Waals surface area contributed by atoms with E-state index >= 15 is 0 Å². The van der Waals surface area contributed by atoms with Gasteiger partial charge >= 0.3 is 36.4 Å². The number of esters is 3. The fourth-order valence-corrected chi connectivity index (χ4v) is 9.57. The third kappa shape index (κ3) is 9.57. The number of hydrogen-bond donors (Lipinski definition) is 0. The second kappa shape index (κ2) is 15.3. The average molecular weight is 843 g/mol. The first-order valence-corrected chi connectivity index (χ1v) is 19.4. The Morgan fingerprint density at radius 2 is 0.895 bits per heavy atom. The molecule has 4 unspecified atom stereocenters. The maximum atomic E-state index is 12.9. The molecule has 4 atom stereocenters. The highest BCUT2D eigenvalue weighted by Crippen LogP contribution is 2.47. The molecule has 57 heavy (non-hydrogen) atoms. The average Bonchev–Trinajstić information content (AvgIpc) is 3.70. The van der Waals surface area contributed by atoms with Crippen molar-refractivity contribution in [1.29, 1.82) is 0 Å². The Bertz CT molecular complexity index is 2310. The van der Waals surface area contributed by atoms with Gasteiger partial charge < -0.3 is 14.2 Å². The van der Waals surface area contributed by atoms with Crippen LogP contribution in [-0.2, 0) is 28.6 Å². The van der Waals surface area contributed by atoms with E-state index in [1.165, 1.54) is 28.7 Å². The molecule has 5 aromatic rings. The number of thiophene rings is 2. The van der Waals surface area contributed by atoms with Crippen LogP contribution in [0.25, 0.3) is 41.1 Å². The van der Waals surface area contributed by atoms with Crippen molar-refractivity contribution < 1.29 is 68.1 Å². The predicted molar refractivity (Wildman–Crippen MR) is 193 cm³/mol. The molecule has 7 rings (SSSR count). The van der Waals surface area contributed by atoms with E-state index in [1.807, 2.05) is 43.3 Å². The molecule has 0 spiro atoms. The number of ether oxygens (including phenoxy) is 3. The van der Waals surface area contributed by atoms with Crippen molar-refractivity contribution >= 4 is 60.8 Å². The molecule has 0 aliphatic heterocycles. The van der Waals surface area contributed by atoms with Gasteiger partial charge in [0.1, 0.15) is 37.6 Å². The van der Waals surface area contributed by atoms with Crippen molar-refractivity contribution in [2.75, 3.05) is 0 Å². The van der Waals surface area contributed by atoms with E-state index in [-0.39, 0.29) is 29.9 Å². The molecule has 0 radical (unpaired) electrons. The third-order valence-corrected chi connectivity index (χ3v) is 12.2. The fourth-order valence-electron chi connectivity index (χ4n) is 7.39. The molecule has 2 aromatic heterocycles. The number of alkyl halides is 9. The van der Waals surface area contributed by atoms with Crippen LogP contribution >= 0.6 is 22.7 Å². The molecule has 0 bridgehead atoms. The van der Waals surface area contributed by atoms with Gasteiger partial charge in [-0.1, -0.05) is 31.2 Å². The van der Waals surface area contributed by atoms with Crippen LogP contribution in [0.3, 0.4) is 0 Å². The molecule has 0 saturated heterocycles. The number of hydrogen-bond acceptors (Lipinski definition) is 8. The van der Waals surface area contributed by atoms with Crippen LogP contribution in [0.4, 0.5) is 39.5 Å². The Kier molecular flexibility index (Phi) is 10.9. The van der Waals surface area contributed by atoms with Gasteiger partial charge in [0.15, 0.2) is 0 Å². The highest BCUT2D eigenvalue weighted by atomic mass is 32.1. The van der Waals surface area contributed by atoms with E-state index in [0.717, 1.165) is 41.1 Å². The smallest absolute Gasteiger partial charge is 0.399 e. The second-order valence-electron chi connectivity index (χ2n) is 14.2. The summed E-state index contributed by atoms with van der Waals surface area (Å²) in [5.74, 6) is -4.25. The Morgan fingerprint density at radius 1 is 0.526 bits per heavy atom. The van der Waals surface area contributed by atoms with Crippen molar-refractivity contribution in [3.8, 4) is 20.9 Å². The summed E-state index contributed by atoms with van der Waals surface area (Å²) >= 11 is 2.95. The molecule has 0 N–H and O–H groups in total. The van der Waals surface area contributed by atoms with Crippen LogP contribution in [0, 0.1) is 0 Å². The van der Waals surface area contributed by atoms with Gasteiger partial charge in [-0.3, -0.25) is 14.4 Å². The number of fused-ring (bicyclic) bond motifs is 4. The molecular weight excluding hydrogens is 812 g/mol. The third-order valence-electron chi connectivity index (χ3n) is 9.88. The van der Waals surface area contributed by atoms with Crippen molar-refractivity contribution in [2.24, 2.45) is 0 Å². The maximum Gasteiger partial charge on any atom is 0.399 e. The quantitative estimate of drug-likeness (QED) is 0.0879. The Morgan fingerprint density at radius 3 is 1.32 bits per heavy atom. The van der Waals surface area contributed by atoms with Crippen LogP contribution in [0.1, 0.15) is 98.4 Å². The Labute approximate surface area is 326 Å². The Hall–Kier alpha value is -4.64. The first-order valence-electron chi connectivity index (χ1n) is 17.7. The van der Waals surface area contributed by atoms with Gasteiger partial charge in [-0.15, -0.1) is 22.7 Å². The first kappa shape index (κ1) is 40.6. The molecule has 0 amide bonds. The summed E-state index contributed by atoms with van der Waals surface area (Å²) in [6, 6.07) is 18.4. The minimum absolute atomic E-state index is 0.0761. The number of rotatable bonds is 8. The molecule has 302 valence electrons. The van der Waals surface area contributed by atoms with Gasteiger partial charge in [0.05, 0.1) is 0 Å². The SMILES string of the molecule is CC1CCC(OC(=O)CC(F)(F)F)c2ccc(-c3cc4cc5sc(-c6ccc7c(c6)C(OC(=O)CC(F)(F)F)CCC7OC(=O)CC(F)(F)F)cc5cc4s3)cc21. The van der Waals surface area contributed by atoms with Gasteiger partial charge in [0, 0.05) is 19.2 Å². The largest absolute Gasteiger partial charge is 0.457 e. The minimum Gasteiger partial charge on any atom is -0.457 e. The summed E-state index contributed by atoms with van der Waals surface area (Å²) in [4.78, 5) is 37.9. The fraction of sp³-hybridized carbons (Fsp3) is 0.375. The zero-order valence-corrected chi connectivity index (χ0v) is 31.3. The summed E-state index contributed by atoms with van der Waals surface area (Å²) in [5, 5.41) is 1.81. The zero-order chi connectivity index (χ0) is 41.0. The van der Waals surface area contributed by atoms with E-state index in [2.05, 4.69) is 0 Å². The van der Waals surface area contributed by atoms with E-state index in [4.69, 9.17) is 14.2 Å². The number of halogens is 9. The molecule has 2 heterocycles. The molecule has 17 heteroatoms. The molecule has 6 nitrogen and oxygen atoms in total. The highest BCUT2D eigenvalue weighted by molar-refractivity contribution is 7.23. The van der Waals surface area contributed by atoms with Gasteiger partial charge in [-0.2, -0.15) is 39.5 Å². The molecule has 2 aliphatic rings. The van der Waals surface area contributed by atoms with Gasteiger partial charge in [-0.05, 0) is 112 Å². The molecule has 0 fully saturated rings. The first-order chi connectivity index (χ1) is 26.7. The monoisotopic (exact) mass is 842 g/mol. The number of carbonyl (C=O) groups excluding carboxylic acids is 3. The summed E-state index contributed by atoms with van der Waals surface area (Å²) < 4.78 is 133. The summed E-state index contributed by atoms with van der Waals surface area (Å²) in [5.41, 5.74) is 3.55. The highest BCUT2D eigenvalue weighted by Gasteiger charge is 2.39. The van der Waals surface area contributed by atoms with Crippen molar-refractivity contribution in [3.63, 3.8) is 0 Å². The summed E-state index contributed by atoms with van der Waals surface area (Å²) in [6.07, 6.45) is -21.7. The number of benzene rings is 3.